The molecule has 0 aromatic heterocycles. The number of hydrogen-bond donors (Lipinski definition) is 1. The quantitative estimate of drug-likeness (QED) is 0.814. The summed E-state index contributed by atoms with van der Waals surface area (Å²) in [7, 11) is 1.29. The fourth-order valence-corrected chi connectivity index (χ4v) is 2.06. The number of rotatable bonds is 5. The zero-order valence-corrected chi connectivity index (χ0v) is 14.1. The molecular formula is C17H14ClF2NO4. The Balaban J connectivity index is 2.02. The summed E-state index contributed by atoms with van der Waals surface area (Å²) in [6, 6.07) is 7.21. The van der Waals surface area contributed by atoms with Gasteiger partial charge in [-0.15, -0.1) is 0 Å². The molecule has 8 heteroatoms. The molecule has 1 amide bonds. The first-order valence-electron chi connectivity index (χ1n) is 7.12. The molecule has 25 heavy (non-hydrogen) atoms. The lowest BCUT2D eigenvalue weighted by Gasteiger charge is -2.14. The maximum atomic E-state index is 13.7. The second-order valence-electron chi connectivity index (χ2n) is 5.01. The van der Waals surface area contributed by atoms with Gasteiger partial charge in [0.1, 0.15) is 5.82 Å². The fourth-order valence-electron chi connectivity index (χ4n) is 1.90. The summed E-state index contributed by atoms with van der Waals surface area (Å²) in [5.74, 6) is -3.14. The minimum absolute atomic E-state index is 0.0273. The van der Waals surface area contributed by atoms with Crippen molar-refractivity contribution in [2.75, 3.05) is 12.4 Å². The molecule has 2 aromatic rings. The van der Waals surface area contributed by atoms with Crippen LogP contribution in [0.2, 0.25) is 5.02 Å². The van der Waals surface area contributed by atoms with Gasteiger partial charge in [-0.1, -0.05) is 11.6 Å². The molecule has 0 saturated heterocycles. The van der Waals surface area contributed by atoms with E-state index in [4.69, 9.17) is 21.1 Å². The fraction of sp³-hybridized carbons (Fsp3) is 0.176. The van der Waals surface area contributed by atoms with Gasteiger partial charge in [0, 0.05) is 5.02 Å². The lowest BCUT2D eigenvalue weighted by molar-refractivity contribution is -0.123. The van der Waals surface area contributed by atoms with E-state index in [2.05, 4.69) is 5.32 Å². The summed E-state index contributed by atoms with van der Waals surface area (Å²) in [6.07, 6.45) is -1.23. The lowest BCUT2D eigenvalue weighted by Crippen LogP contribution is -2.30. The third-order valence-electron chi connectivity index (χ3n) is 3.23. The maximum Gasteiger partial charge on any atom is 0.339 e. The number of carbonyl (C=O) groups excluding carboxylic acids is 2. The third-order valence-corrected chi connectivity index (χ3v) is 3.46. The van der Waals surface area contributed by atoms with Gasteiger partial charge in [0.2, 0.25) is 0 Å². The van der Waals surface area contributed by atoms with Gasteiger partial charge in [0.15, 0.2) is 17.7 Å². The van der Waals surface area contributed by atoms with Crippen LogP contribution in [0.5, 0.6) is 5.75 Å². The molecule has 1 N–H and O–H groups in total. The molecule has 0 bridgehead atoms. The predicted octanol–water partition coefficient (Wildman–Crippen LogP) is 3.81. The van der Waals surface area contributed by atoms with Crippen LogP contribution in [-0.2, 0) is 9.53 Å². The monoisotopic (exact) mass is 369 g/mol. The summed E-state index contributed by atoms with van der Waals surface area (Å²) in [4.78, 5) is 24.0. The smallest absolute Gasteiger partial charge is 0.339 e. The Hall–Kier alpha value is -2.67. The molecule has 0 saturated carbocycles. The van der Waals surface area contributed by atoms with Crippen molar-refractivity contribution >= 4 is 29.2 Å². The summed E-state index contributed by atoms with van der Waals surface area (Å²) in [5, 5.41) is 2.46. The van der Waals surface area contributed by atoms with Crippen LogP contribution in [0.4, 0.5) is 14.5 Å². The molecule has 0 aliphatic heterocycles. The van der Waals surface area contributed by atoms with Crippen molar-refractivity contribution in [1.29, 1.82) is 0 Å². The first-order valence-corrected chi connectivity index (χ1v) is 7.50. The van der Waals surface area contributed by atoms with Crippen molar-refractivity contribution in [3.63, 3.8) is 0 Å². The van der Waals surface area contributed by atoms with Crippen molar-refractivity contribution < 1.29 is 27.8 Å². The standard InChI is InChI=1S/C17H14ClF2NO4/c1-9(16(22)21-14-5-4-11(18)8-12(14)19)25-17(23)10-3-6-15(24-2)13(20)7-10/h3-9H,1-2H3,(H,21,22)/t9-/m1/s1. The molecule has 132 valence electrons. The van der Waals surface area contributed by atoms with Crippen molar-refractivity contribution in [1.82, 2.24) is 0 Å². The van der Waals surface area contributed by atoms with Crippen LogP contribution in [0.1, 0.15) is 17.3 Å². The second kappa shape index (κ2) is 7.94. The molecule has 0 heterocycles. The van der Waals surface area contributed by atoms with Gasteiger partial charge in [0.25, 0.3) is 5.91 Å². The van der Waals surface area contributed by atoms with Gasteiger partial charge in [-0.2, -0.15) is 0 Å². The van der Waals surface area contributed by atoms with E-state index in [1.54, 1.807) is 0 Å². The van der Waals surface area contributed by atoms with E-state index in [1.807, 2.05) is 0 Å². The highest BCUT2D eigenvalue weighted by molar-refractivity contribution is 6.30. The van der Waals surface area contributed by atoms with Crippen LogP contribution in [0.25, 0.3) is 0 Å². The Morgan fingerprint density at radius 2 is 1.84 bits per heavy atom. The van der Waals surface area contributed by atoms with E-state index in [9.17, 15) is 18.4 Å². The molecule has 2 rings (SSSR count). The molecule has 0 spiro atoms. The summed E-state index contributed by atoms with van der Waals surface area (Å²) in [5.41, 5.74) is -0.191. The first-order chi connectivity index (χ1) is 11.8. The van der Waals surface area contributed by atoms with E-state index in [1.165, 1.54) is 38.3 Å². The molecule has 5 nitrogen and oxygen atoms in total. The lowest BCUT2D eigenvalue weighted by atomic mass is 10.2. The summed E-state index contributed by atoms with van der Waals surface area (Å²) in [6.45, 7) is 1.31. The van der Waals surface area contributed by atoms with E-state index >= 15 is 0 Å². The molecule has 1 atom stereocenters. The van der Waals surface area contributed by atoms with Crippen molar-refractivity contribution in [3.05, 3.63) is 58.6 Å². The van der Waals surface area contributed by atoms with Crippen molar-refractivity contribution in [2.24, 2.45) is 0 Å². The molecule has 0 aliphatic rings. The Bertz CT molecular complexity index is 813. The molecule has 0 radical (unpaired) electrons. The molecule has 2 aromatic carbocycles. The SMILES string of the molecule is COc1ccc(C(=O)O[C@H](C)C(=O)Nc2ccc(Cl)cc2F)cc1F. The van der Waals surface area contributed by atoms with Crippen LogP contribution in [0.3, 0.4) is 0 Å². The summed E-state index contributed by atoms with van der Waals surface area (Å²) >= 11 is 5.63. The maximum absolute atomic E-state index is 13.7. The van der Waals surface area contributed by atoms with Gasteiger partial charge in [-0.25, -0.2) is 13.6 Å². The van der Waals surface area contributed by atoms with E-state index in [-0.39, 0.29) is 22.0 Å². The molecule has 0 unspecified atom stereocenters. The number of carbonyl (C=O) groups is 2. The van der Waals surface area contributed by atoms with Crippen LogP contribution in [0, 0.1) is 11.6 Å². The third kappa shape index (κ3) is 4.67. The highest BCUT2D eigenvalue weighted by Crippen LogP contribution is 2.20. The highest BCUT2D eigenvalue weighted by Gasteiger charge is 2.21. The highest BCUT2D eigenvalue weighted by atomic mass is 35.5. The van der Waals surface area contributed by atoms with Crippen molar-refractivity contribution in [3.8, 4) is 5.75 Å². The average molecular weight is 370 g/mol. The Morgan fingerprint density at radius 1 is 1.12 bits per heavy atom. The first kappa shape index (κ1) is 18.7. The Morgan fingerprint density at radius 3 is 2.44 bits per heavy atom. The van der Waals surface area contributed by atoms with E-state index in [0.29, 0.717) is 0 Å². The Kier molecular flexibility index (Phi) is 5.93. The van der Waals surface area contributed by atoms with Gasteiger partial charge in [-0.3, -0.25) is 4.79 Å². The number of esters is 1. The van der Waals surface area contributed by atoms with Crippen LogP contribution in [0.15, 0.2) is 36.4 Å². The van der Waals surface area contributed by atoms with E-state index in [0.717, 1.165) is 12.1 Å². The molecule has 0 aliphatic carbocycles. The zero-order valence-electron chi connectivity index (χ0n) is 13.3. The topological polar surface area (TPSA) is 64.6 Å². The van der Waals surface area contributed by atoms with Crippen LogP contribution in [-0.4, -0.2) is 25.1 Å². The van der Waals surface area contributed by atoms with Crippen LogP contribution >= 0.6 is 11.6 Å². The predicted molar refractivity (Wildman–Crippen MR) is 87.9 cm³/mol. The zero-order chi connectivity index (χ0) is 18.6. The van der Waals surface area contributed by atoms with Gasteiger partial charge in [-0.05, 0) is 43.3 Å². The number of benzene rings is 2. The number of ether oxygens (including phenoxy) is 2. The molecular weight excluding hydrogens is 356 g/mol. The van der Waals surface area contributed by atoms with Gasteiger partial charge >= 0.3 is 5.97 Å². The van der Waals surface area contributed by atoms with Gasteiger partial charge < -0.3 is 14.8 Å². The minimum atomic E-state index is -1.23. The Labute approximate surface area is 147 Å². The normalized spacial score (nSPS) is 11.6. The minimum Gasteiger partial charge on any atom is -0.494 e. The number of hydrogen-bond acceptors (Lipinski definition) is 4. The largest absolute Gasteiger partial charge is 0.494 e. The number of amides is 1. The molecule has 0 fully saturated rings. The number of methoxy groups -OCH3 is 1. The number of anilines is 1. The van der Waals surface area contributed by atoms with Crippen molar-refractivity contribution in [2.45, 2.75) is 13.0 Å². The number of halogens is 3. The van der Waals surface area contributed by atoms with Gasteiger partial charge in [0.05, 0.1) is 18.4 Å². The number of nitrogens with one attached hydrogen (secondary N) is 1. The second-order valence-corrected chi connectivity index (χ2v) is 5.45. The van der Waals surface area contributed by atoms with Crippen LogP contribution < -0.4 is 10.1 Å². The van der Waals surface area contributed by atoms with E-state index < -0.39 is 29.6 Å². The average Bonchev–Trinajstić information content (AvgIpc) is 2.57. The summed E-state index contributed by atoms with van der Waals surface area (Å²) < 4.78 is 37.0.